The lowest BCUT2D eigenvalue weighted by Crippen LogP contribution is -2.53. The first-order chi connectivity index (χ1) is 18.6. The van der Waals surface area contributed by atoms with E-state index in [2.05, 4.69) is 21.2 Å². The number of sulfonamides is 1. The van der Waals surface area contributed by atoms with E-state index >= 15 is 0 Å². The highest BCUT2D eigenvalue weighted by molar-refractivity contribution is 9.10. The summed E-state index contributed by atoms with van der Waals surface area (Å²) in [6.07, 6.45) is 1.13. The summed E-state index contributed by atoms with van der Waals surface area (Å²) in [6, 6.07) is 21.9. The molecule has 0 unspecified atom stereocenters. The molecule has 3 aromatic rings. The molecule has 3 rings (SSSR count). The number of hydrogen-bond acceptors (Lipinski definition) is 4. The Hall–Kier alpha value is -3.17. The van der Waals surface area contributed by atoms with Crippen molar-refractivity contribution in [3.8, 4) is 0 Å². The van der Waals surface area contributed by atoms with E-state index in [0.717, 1.165) is 21.9 Å². The van der Waals surface area contributed by atoms with Crippen LogP contribution in [-0.2, 0) is 26.2 Å². The van der Waals surface area contributed by atoms with Crippen LogP contribution < -0.4 is 9.62 Å². The number of rotatable bonds is 12. The van der Waals surface area contributed by atoms with E-state index in [0.29, 0.717) is 16.6 Å². The van der Waals surface area contributed by atoms with E-state index in [-0.39, 0.29) is 23.4 Å². The van der Waals surface area contributed by atoms with Crippen LogP contribution in [0.25, 0.3) is 0 Å². The van der Waals surface area contributed by atoms with Gasteiger partial charge in [-0.3, -0.25) is 13.9 Å². The summed E-state index contributed by atoms with van der Waals surface area (Å²) in [7, 11) is -4.10. The molecule has 0 bridgehead atoms. The number of hydrogen-bond donors (Lipinski definition) is 1. The van der Waals surface area contributed by atoms with Crippen LogP contribution in [0.3, 0.4) is 0 Å². The van der Waals surface area contributed by atoms with Crippen molar-refractivity contribution >= 4 is 43.5 Å². The van der Waals surface area contributed by atoms with Crippen molar-refractivity contribution in [1.82, 2.24) is 10.2 Å². The van der Waals surface area contributed by atoms with E-state index in [1.807, 2.05) is 58.0 Å². The van der Waals surface area contributed by atoms with Crippen molar-refractivity contribution in [1.29, 1.82) is 0 Å². The Kier molecular flexibility index (Phi) is 10.7. The minimum atomic E-state index is -4.10. The third kappa shape index (κ3) is 7.92. The van der Waals surface area contributed by atoms with Gasteiger partial charge >= 0.3 is 0 Å². The largest absolute Gasteiger partial charge is 0.352 e. The first-order valence-corrected chi connectivity index (χ1v) is 15.3. The molecule has 2 amide bonds. The van der Waals surface area contributed by atoms with Crippen LogP contribution in [0, 0.1) is 6.92 Å². The molecule has 0 fully saturated rings. The van der Waals surface area contributed by atoms with Crippen LogP contribution >= 0.6 is 15.9 Å². The summed E-state index contributed by atoms with van der Waals surface area (Å²) in [5.41, 5.74) is 2.11. The van der Waals surface area contributed by atoms with Crippen molar-refractivity contribution in [3.05, 3.63) is 94.5 Å². The van der Waals surface area contributed by atoms with Crippen molar-refractivity contribution in [3.63, 3.8) is 0 Å². The van der Waals surface area contributed by atoms with Crippen molar-refractivity contribution in [2.24, 2.45) is 0 Å². The summed E-state index contributed by atoms with van der Waals surface area (Å²) in [5, 5.41) is 2.98. The Labute approximate surface area is 240 Å². The lowest BCUT2D eigenvalue weighted by atomic mass is 10.1. The van der Waals surface area contributed by atoms with Gasteiger partial charge in [0.1, 0.15) is 12.6 Å². The van der Waals surface area contributed by atoms with Crippen LogP contribution in [0.15, 0.2) is 88.2 Å². The monoisotopic (exact) mass is 613 g/mol. The molecule has 208 valence electrons. The summed E-state index contributed by atoms with van der Waals surface area (Å²) in [6.45, 7) is 7.32. The third-order valence-electron chi connectivity index (χ3n) is 6.57. The molecule has 2 atom stereocenters. The second kappa shape index (κ2) is 13.8. The van der Waals surface area contributed by atoms with Gasteiger partial charge in [0.15, 0.2) is 0 Å². The molecule has 9 heteroatoms. The fraction of sp³-hybridized carbons (Fsp3) is 0.333. The van der Waals surface area contributed by atoms with Crippen LogP contribution in [0.4, 0.5) is 5.69 Å². The Morgan fingerprint density at radius 1 is 0.923 bits per heavy atom. The molecule has 0 heterocycles. The van der Waals surface area contributed by atoms with Crippen LogP contribution in [-0.4, -0.2) is 43.8 Å². The summed E-state index contributed by atoms with van der Waals surface area (Å²) in [5.74, 6) is -0.729. The summed E-state index contributed by atoms with van der Waals surface area (Å²) in [4.78, 5) is 28.9. The maximum absolute atomic E-state index is 14.0. The lowest BCUT2D eigenvalue weighted by molar-refractivity contribution is -0.140. The van der Waals surface area contributed by atoms with E-state index < -0.39 is 28.5 Å². The van der Waals surface area contributed by atoms with Gasteiger partial charge in [0.05, 0.1) is 10.6 Å². The lowest BCUT2D eigenvalue weighted by Gasteiger charge is -2.33. The molecule has 0 saturated carbocycles. The number of nitrogens with zero attached hydrogens (tertiary/aromatic N) is 2. The second-order valence-corrected chi connectivity index (χ2v) is 12.3. The molecule has 0 aliphatic rings. The van der Waals surface area contributed by atoms with Crippen molar-refractivity contribution in [2.75, 3.05) is 10.8 Å². The molecule has 0 spiro atoms. The Balaban J connectivity index is 2.04. The predicted octanol–water partition coefficient (Wildman–Crippen LogP) is 5.67. The molecule has 0 saturated heterocycles. The zero-order valence-corrected chi connectivity index (χ0v) is 25.2. The molecular formula is C30H36BrN3O4S. The van der Waals surface area contributed by atoms with Crippen molar-refractivity contribution in [2.45, 2.75) is 64.1 Å². The van der Waals surface area contributed by atoms with Gasteiger partial charge in [-0.15, -0.1) is 0 Å². The number of benzene rings is 3. The summed E-state index contributed by atoms with van der Waals surface area (Å²) >= 11 is 3.42. The number of halogens is 1. The molecule has 39 heavy (non-hydrogen) atoms. The maximum atomic E-state index is 14.0. The average Bonchev–Trinajstić information content (AvgIpc) is 2.92. The zero-order valence-electron chi connectivity index (χ0n) is 22.8. The van der Waals surface area contributed by atoms with Gasteiger partial charge < -0.3 is 10.2 Å². The maximum Gasteiger partial charge on any atom is 0.264 e. The number of carbonyl (C=O) groups excluding carboxylic acids is 2. The minimum absolute atomic E-state index is 0.0553. The van der Waals surface area contributed by atoms with Gasteiger partial charge in [-0.1, -0.05) is 83.9 Å². The molecule has 0 aliphatic carbocycles. The Morgan fingerprint density at radius 3 is 2.18 bits per heavy atom. The van der Waals surface area contributed by atoms with Gasteiger partial charge in [-0.2, -0.15) is 0 Å². The quantitative estimate of drug-likeness (QED) is 0.285. The summed E-state index contributed by atoms with van der Waals surface area (Å²) < 4.78 is 29.6. The number of amides is 2. The highest BCUT2D eigenvalue weighted by Crippen LogP contribution is 2.27. The van der Waals surface area contributed by atoms with Crippen LogP contribution in [0.1, 0.15) is 44.7 Å². The van der Waals surface area contributed by atoms with E-state index in [1.54, 1.807) is 36.4 Å². The van der Waals surface area contributed by atoms with Crippen molar-refractivity contribution < 1.29 is 18.0 Å². The minimum Gasteiger partial charge on any atom is -0.352 e. The SMILES string of the molecule is CC[C@H](C)NC(=O)[C@H](CC)N(Cc1ccccc1)C(=O)CN(c1cccc(Br)c1)S(=O)(=O)c1ccc(C)cc1. The van der Waals surface area contributed by atoms with Gasteiger partial charge in [0, 0.05) is 17.1 Å². The van der Waals surface area contributed by atoms with E-state index in [4.69, 9.17) is 0 Å². The fourth-order valence-electron chi connectivity index (χ4n) is 4.14. The fourth-order valence-corrected chi connectivity index (χ4v) is 5.93. The number of carbonyl (C=O) groups is 2. The molecule has 0 aromatic heterocycles. The first kappa shape index (κ1) is 30.4. The average molecular weight is 615 g/mol. The smallest absolute Gasteiger partial charge is 0.264 e. The number of nitrogens with one attached hydrogen (secondary N) is 1. The number of anilines is 1. The highest BCUT2D eigenvalue weighted by Gasteiger charge is 2.34. The molecule has 1 N–H and O–H groups in total. The molecule has 7 nitrogen and oxygen atoms in total. The third-order valence-corrected chi connectivity index (χ3v) is 8.85. The van der Waals surface area contributed by atoms with Gasteiger partial charge in [0.25, 0.3) is 10.0 Å². The molecule has 0 radical (unpaired) electrons. The Morgan fingerprint density at radius 2 is 1.59 bits per heavy atom. The zero-order chi connectivity index (χ0) is 28.6. The van der Waals surface area contributed by atoms with Gasteiger partial charge in [-0.05, 0) is 62.6 Å². The Bertz CT molecular complexity index is 1360. The predicted molar refractivity (Wildman–Crippen MR) is 159 cm³/mol. The number of aryl methyl sites for hydroxylation is 1. The van der Waals surface area contributed by atoms with Gasteiger partial charge in [-0.25, -0.2) is 8.42 Å². The highest BCUT2D eigenvalue weighted by atomic mass is 79.9. The van der Waals surface area contributed by atoms with E-state index in [1.165, 1.54) is 17.0 Å². The molecule has 3 aromatic carbocycles. The topological polar surface area (TPSA) is 86.8 Å². The van der Waals surface area contributed by atoms with Crippen LogP contribution in [0.2, 0.25) is 0 Å². The standard InChI is InChI=1S/C30H36BrN3O4S/c1-5-23(4)32-30(36)28(6-2)33(20-24-11-8-7-9-12-24)29(35)21-34(26-14-10-13-25(31)19-26)39(37,38)27-17-15-22(3)16-18-27/h7-19,23,28H,5-6,20-21H2,1-4H3,(H,32,36)/t23-,28-/m0/s1. The van der Waals surface area contributed by atoms with E-state index in [9.17, 15) is 18.0 Å². The normalized spacial score (nSPS) is 12.8. The van der Waals surface area contributed by atoms with Crippen LogP contribution in [0.5, 0.6) is 0 Å². The second-order valence-electron chi connectivity index (χ2n) is 9.55. The van der Waals surface area contributed by atoms with Gasteiger partial charge in [0.2, 0.25) is 11.8 Å². The first-order valence-electron chi connectivity index (χ1n) is 13.1. The molecular weight excluding hydrogens is 578 g/mol. The molecule has 0 aliphatic heterocycles.